The van der Waals surface area contributed by atoms with Crippen LogP contribution in [0.2, 0.25) is 0 Å². The molecule has 0 aromatic heterocycles. The van der Waals surface area contributed by atoms with Gasteiger partial charge in [0.15, 0.2) is 0 Å². The number of hydrogen-bond donors (Lipinski definition) is 1. The van der Waals surface area contributed by atoms with E-state index in [4.69, 9.17) is 9.47 Å². The number of benzene rings is 2. The van der Waals surface area contributed by atoms with Gasteiger partial charge in [-0.05, 0) is 31.2 Å². The number of amides is 3. The smallest absolute Gasteiger partial charge is 0.257 e. The monoisotopic (exact) mass is 467 g/mol. The van der Waals surface area contributed by atoms with Gasteiger partial charge >= 0.3 is 0 Å². The Morgan fingerprint density at radius 3 is 2.44 bits per heavy atom. The second-order valence-corrected chi connectivity index (χ2v) is 8.81. The van der Waals surface area contributed by atoms with Gasteiger partial charge in [0, 0.05) is 57.4 Å². The zero-order valence-corrected chi connectivity index (χ0v) is 20.4. The maximum Gasteiger partial charge on any atom is 0.257 e. The maximum atomic E-state index is 13.4. The normalized spacial score (nSPS) is 21.6. The third kappa shape index (κ3) is 5.94. The molecule has 0 saturated heterocycles. The first-order chi connectivity index (χ1) is 16.2. The number of likely N-dealkylation sites (N-methyl/N-ethyl adjacent to an activating group) is 1. The molecule has 3 atom stereocenters. The van der Waals surface area contributed by atoms with Gasteiger partial charge in [-0.25, -0.2) is 0 Å². The molecule has 0 spiro atoms. The highest BCUT2D eigenvalue weighted by Gasteiger charge is 2.30. The maximum absolute atomic E-state index is 13.4. The Morgan fingerprint density at radius 1 is 1.09 bits per heavy atom. The Hall–Kier alpha value is -3.39. The number of ether oxygens (including phenoxy) is 2. The van der Waals surface area contributed by atoms with Crippen LogP contribution < -0.4 is 10.1 Å². The van der Waals surface area contributed by atoms with Crippen LogP contribution in [0.15, 0.2) is 48.5 Å². The van der Waals surface area contributed by atoms with Crippen LogP contribution in [0.1, 0.15) is 41.5 Å². The molecule has 0 radical (unpaired) electrons. The quantitative estimate of drug-likeness (QED) is 0.748. The Labute approximate surface area is 200 Å². The predicted octanol–water partition coefficient (Wildman–Crippen LogP) is 3.29. The van der Waals surface area contributed by atoms with Crippen molar-refractivity contribution in [1.29, 1.82) is 0 Å². The Kier molecular flexibility index (Phi) is 8.28. The number of carbonyl (C=O) groups is 3. The van der Waals surface area contributed by atoms with E-state index in [1.54, 1.807) is 54.3 Å². The first-order valence-corrected chi connectivity index (χ1v) is 11.4. The lowest BCUT2D eigenvalue weighted by molar-refractivity contribution is -0.114. The van der Waals surface area contributed by atoms with Crippen LogP contribution in [-0.4, -0.2) is 73.5 Å². The zero-order chi connectivity index (χ0) is 24.8. The molecule has 1 heterocycles. The van der Waals surface area contributed by atoms with Gasteiger partial charge in [-0.1, -0.05) is 25.1 Å². The van der Waals surface area contributed by atoms with Crippen LogP contribution in [0.5, 0.6) is 5.75 Å². The van der Waals surface area contributed by atoms with Gasteiger partial charge in [0.2, 0.25) is 5.91 Å². The van der Waals surface area contributed by atoms with Crippen LogP contribution in [-0.2, 0) is 9.53 Å². The molecule has 2 aromatic carbocycles. The van der Waals surface area contributed by atoms with Gasteiger partial charge < -0.3 is 24.6 Å². The van der Waals surface area contributed by atoms with E-state index in [0.717, 1.165) is 0 Å². The van der Waals surface area contributed by atoms with E-state index in [0.29, 0.717) is 35.7 Å². The molecule has 3 amide bonds. The SMILES string of the molecule is CO[C@H]1CN(C)C(=O)c2ccc(NC(C)=O)cc2OC[C@H](C)N(C(=O)c2ccccc2)C[C@H]1C. The van der Waals surface area contributed by atoms with E-state index in [-0.39, 0.29) is 42.4 Å². The van der Waals surface area contributed by atoms with Crippen molar-refractivity contribution < 1.29 is 23.9 Å². The lowest BCUT2D eigenvalue weighted by Gasteiger charge is -2.36. The fraction of sp³-hybridized carbons (Fsp3) is 0.423. The van der Waals surface area contributed by atoms with Crippen LogP contribution >= 0.6 is 0 Å². The minimum absolute atomic E-state index is 0.0311. The van der Waals surface area contributed by atoms with Crippen molar-refractivity contribution in [3.05, 3.63) is 59.7 Å². The van der Waals surface area contributed by atoms with Crippen molar-refractivity contribution >= 4 is 23.4 Å². The van der Waals surface area contributed by atoms with E-state index in [1.807, 2.05) is 32.0 Å². The number of carbonyl (C=O) groups excluding carboxylic acids is 3. The largest absolute Gasteiger partial charge is 0.491 e. The van der Waals surface area contributed by atoms with Gasteiger partial charge in [-0.3, -0.25) is 14.4 Å². The molecule has 0 saturated carbocycles. The van der Waals surface area contributed by atoms with Crippen molar-refractivity contribution in [2.24, 2.45) is 5.92 Å². The molecule has 0 bridgehead atoms. The van der Waals surface area contributed by atoms with Crippen LogP contribution in [0.25, 0.3) is 0 Å². The van der Waals surface area contributed by atoms with E-state index in [9.17, 15) is 14.4 Å². The van der Waals surface area contributed by atoms with Crippen molar-refractivity contribution in [1.82, 2.24) is 9.80 Å². The standard InChI is InChI=1S/C26H33N3O5/c1-17-14-29(25(31)20-9-7-6-8-10-20)18(2)16-34-23-13-21(27-19(3)30)11-12-22(23)26(32)28(4)15-24(17)33-5/h6-13,17-18,24H,14-16H2,1-5H3,(H,27,30)/t17-,18+,24+/m1/s1. The first kappa shape index (κ1) is 25.2. The Bertz CT molecular complexity index is 1030. The first-order valence-electron chi connectivity index (χ1n) is 11.4. The van der Waals surface area contributed by atoms with Crippen molar-refractivity contribution in [3.63, 3.8) is 0 Å². The second-order valence-electron chi connectivity index (χ2n) is 8.81. The van der Waals surface area contributed by atoms with E-state index in [2.05, 4.69) is 5.32 Å². The molecule has 1 N–H and O–H groups in total. The Morgan fingerprint density at radius 2 is 1.79 bits per heavy atom. The minimum Gasteiger partial charge on any atom is -0.491 e. The number of rotatable bonds is 3. The van der Waals surface area contributed by atoms with Crippen molar-refractivity contribution in [2.75, 3.05) is 39.2 Å². The molecular formula is C26H33N3O5. The molecular weight excluding hydrogens is 434 g/mol. The molecule has 0 unspecified atom stereocenters. The third-order valence-corrected chi connectivity index (χ3v) is 6.05. The summed E-state index contributed by atoms with van der Waals surface area (Å²) in [6, 6.07) is 13.8. The summed E-state index contributed by atoms with van der Waals surface area (Å²) in [4.78, 5) is 41.6. The number of hydrogen-bond acceptors (Lipinski definition) is 5. The number of fused-ring (bicyclic) bond motifs is 1. The highest BCUT2D eigenvalue weighted by Crippen LogP contribution is 2.27. The molecule has 3 rings (SSSR count). The summed E-state index contributed by atoms with van der Waals surface area (Å²) in [6.45, 7) is 6.33. The summed E-state index contributed by atoms with van der Waals surface area (Å²) in [6.07, 6.45) is -0.269. The second kappa shape index (κ2) is 11.2. The lowest BCUT2D eigenvalue weighted by atomic mass is 10.0. The zero-order valence-electron chi connectivity index (χ0n) is 20.4. The minimum atomic E-state index is -0.280. The van der Waals surface area contributed by atoms with Crippen molar-refractivity contribution in [2.45, 2.75) is 32.9 Å². The molecule has 0 aliphatic carbocycles. The molecule has 182 valence electrons. The van der Waals surface area contributed by atoms with E-state index in [1.165, 1.54) is 6.92 Å². The summed E-state index contributed by atoms with van der Waals surface area (Å²) in [5.41, 5.74) is 1.51. The van der Waals surface area contributed by atoms with Crippen LogP contribution in [0.3, 0.4) is 0 Å². The van der Waals surface area contributed by atoms with E-state index < -0.39 is 0 Å². The number of nitrogens with zero attached hydrogens (tertiary/aromatic N) is 2. The fourth-order valence-corrected chi connectivity index (χ4v) is 4.08. The van der Waals surface area contributed by atoms with Crippen LogP contribution in [0, 0.1) is 5.92 Å². The van der Waals surface area contributed by atoms with Crippen molar-refractivity contribution in [3.8, 4) is 5.75 Å². The van der Waals surface area contributed by atoms with Gasteiger partial charge in [0.1, 0.15) is 12.4 Å². The summed E-state index contributed by atoms with van der Waals surface area (Å²) < 4.78 is 11.8. The average Bonchev–Trinajstić information content (AvgIpc) is 2.82. The summed E-state index contributed by atoms with van der Waals surface area (Å²) in [7, 11) is 3.34. The Balaban J connectivity index is 2.00. The third-order valence-electron chi connectivity index (χ3n) is 6.05. The summed E-state index contributed by atoms with van der Waals surface area (Å²) in [5.74, 6) is -0.196. The van der Waals surface area contributed by atoms with Gasteiger partial charge in [-0.2, -0.15) is 0 Å². The number of nitrogens with one attached hydrogen (secondary N) is 1. The molecule has 1 aliphatic heterocycles. The molecule has 0 fully saturated rings. The summed E-state index contributed by atoms with van der Waals surface area (Å²) in [5, 5.41) is 2.72. The van der Waals surface area contributed by atoms with Gasteiger partial charge in [0.05, 0.1) is 17.7 Å². The molecule has 8 nitrogen and oxygen atoms in total. The van der Waals surface area contributed by atoms with Gasteiger partial charge in [0.25, 0.3) is 11.8 Å². The average molecular weight is 468 g/mol. The predicted molar refractivity (Wildman–Crippen MR) is 130 cm³/mol. The van der Waals surface area contributed by atoms with Gasteiger partial charge in [-0.15, -0.1) is 0 Å². The van der Waals surface area contributed by atoms with E-state index >= 15 is 0 Å². The molecule has 8 heteroatoms. The lowest BCUT2D eigenvalue weighted by Crippen LogP contribution is -2.48. The molecule has 2 aromatic rings. The molecule has 34 heavy (non-hydrogen) atoms. The highest BCUT2D eigenvalue weighted by molar-refractivity contribution is 5.98. The summed E-state index contributed by atoms with van der Waals surface area (Å²) >= 11 is 0. The van der Waals surface area contributed by atoms with Crippen LogP contribution in [0.4, 0.5) is 5.69 Å². The topological polar surface area (TPSA) is 88.2 Å². The number of anilines is 1. The fourth-order valence-electron chi connectivity index (χ4n) is 4.08. The number of methoxy groups -OCH3 is 1. The molecule has 1 aliphatic rings. The highest BCUT2D eigenvalue weighted by atomic mass is 16.5.